The molecule has 4 heteroatoms. The van der Waals surface area contributed by atoms with Gasteiger partial charge in [0, 0.05) is 12.6 Å². The van der Waals surface area contributed by atoms with Crippen molar-refractivity contribution in [3.63, 3.8) is 0 Å². The molecule has 0 aliphatic rings. The van der Waals surface area contributed by atoms with E-state index >= 15 is 0 Å². The van der Waals surface area contributed by atoms with Crippen molar-refractivity contribution in [1.29, 1.82) is 0 Å². The summed E-state index contributed by atoms with van der Waals surface area (Å²) in [6.45, 7) is 0.181. The first kappa shape index (κ1) is 12.5. The first-order chi connectivity index (χ1) is 8.70. The third-order valence-electron chi connectivity index (χ3n) is 2.55. The number of ether oxygens (including phenoxy) is 1. The third-order valence-corrected chi connectivity index (χ3v) is 2.55. The standard InChI is InChI=1S/C14H13F2NO/c15-11-6-7-12(16)13(8-11)18-14(9-17)10-4-2-1-3-5-10/h1-8,14H,9,17H2. The van der Waals surface area contributed by atoms with E-state index in [1.165, 1.54) is 0 Å². The van der Waals surface area contributed by atoms with E-state index in [0.717, 1.165) is 23.8 Å². The quantitative estimate of drug-likeness (QED) is 0.903. The first-order valence-corrected chi connectivity index (χ1v) is 5.57. The van der Waals surface area contributed by atoms with Crippen LogP contribution in [0.2, 0.25) is 0 Å². The molecule has 0 radical (unpaired) electrons. The average Bonchev–Trinajstić information content (AvgIpc) is 2.41. The Labute approximate surface area is 104 Å². The molecular weight excluding hydrogens is 236 g/mol. The zero-order chi connectivity index (χ0) is 13.0. The molecule has 0 amide bonds. The van der Waals surface area contributed by atoms with Gasteiger partial charge in [-0.1, -0.05) is 30.3 Å². The summed E-state index contributed by atoms with van der Waals surface area (Å²) in [4.78, 5) is 0. The molecule has 2 nitrogen and oxygen atoms in total. The van der Waals surface area contributed by atoms with Gasteiger partial charge in [0.05, 0.1) is 0 Å². The summed E-state index contributed by atoms with van der Waals surface area (Å²) in [6.07, 6.45) is -0.498. The van der Waals surface area contributed by atoms with Crippen LogP contribution in [0.3, 0.4) is 0 Å². The Hall–Kier alpha value is -1.94. The Morgan fingerprint density at radius 3 is 2.44 bits per heavy atom. The minimum absolute atomic E-state index is 0.130. The summed E-state index contributed by atoms with van der Waals surface area (Å²) in [5, 5.41) is 0. The van der Waals surface area contributed by atoms with E-state index in [1.54, 1.807) is 0 Å². The summed E-state index contributed by atoms with van der Waals surface area (Å²) in [6, 6.07) is 12.3. The first-order valence-electron chi connectivity index (χ1n) is 5.57. The number of nitrogens with two attached hydrogens (primary N) is 1. The minimum atomic E-state index is -0.606. The second-order valence-electron chi connectivity index (χ2n) is 3.83. The molecule has 1 atom stereocenters. The lowest BCUT2D eigenvalue weighted by molar-refractivity contribution is 0.203. The van der Waals surface area contributed by atoms with Crippen molar-refractivity contribution in [2.24, 2.45) is 5.73 Å². The molecule has 0 aromatic heterocycles. The van der Waals surface area contributed by atoms with Gasteiger partial charge in [-0.2, -0.15) is 0 Å². The maximum absolute atomic E-state index is 13.4. The molecule has 0 aliphatic carbocycles. The summed E-state index contributed by atoms with van der Waals surface area (Å²) in [5.41, 5.74) is 6.42. The smallest absolute Gasteiger partial charge is 0.165 e. The highest BCUT2D eigenvalue weighted by atomic mass is 19.1. The van der Waals surface area contributed by atoms with E-state index in [9.17, 15) is 8.78 Å². The molecule has 1 unspecified atom stereocenters. The van der Waals surface area contributed by atoms with Crippen molar-refractivity contribution >= 4 is 0 Å². The highest BCUT2D eigenvalue weighted by Gasteiger charge is 2.14. The Morgan fingerprint density at radius 1 is 1.06 bits per heavy atom. The van der Waals surface area contributed by atoms with Crippen molar-refractivity contribution in [3.05, 3.63) is 65.7 Å². The van der Waals surface area contributed by atoms with Crippen LogP contribution in [0.5, 0.6) is 5.75 Å². The van der Waals surface area contributed by atoms with E-state index in [-0.39, 0.29) is 12.3 Å². The van der Waals surface area contributed by atoms with Gasteiger partial charge >= 0.3 is 0 Å². The molecule has 0 aliphatic heterocycles. The second kappa shape index (κ2) is 5.60. The molecule has 0 fully saturated rings. The van der Waals surface area contributed by atoms with Crippen LogP contribution in [0.15, 0.2) is 48.5 Å². The van der Waals surface area contributed by atoms with Gasteiger partial charge < -0.3 is 10.5 Å². The van der Waals surface area contributed by atoms with E-state index in [2.05, 4.69) is 0 Å². The molecule has 2 aromatic rings. The number of hydrogen-bond donors (Lipinski definition) is 1. The lowest BCUT2D eigenvalue weighted by atomic mass is 10.1. The van der Waals surface area contributed by atoms with Gasteiger partial charge in [0.2, 0.25) is 0 Å². The Morgan fingerprint density at radius 2 is 1.78 bits per heavy atom. The topological polar surface area (TPSA) is 35.2 Å². The minimum Gasteiger partial charge on any atom is -0.481 e. The molecule has 0 spiro atoms. The van der Waals surface area contributed by atoms with Gasteiger partial charge in [-0.25, -0.2) is 8.78 Å². The maximum Gasteiger partial charge on any atom is 0.165 e. The summed E-state index contributed by atoms with van der Waals surface area (Å²) in [5.74, 6) is -1.28. The van der Waals surface area contributed by atoms with Crippen molar-refractivity contribution in [2.45, 2.75) is 6.10 Å². The SMILES string of the molecule is NCC(Oc1cc(F)ccc1F)c1ccccc1. The number of hydrogen-bond acceptors (Lipinski definition) is 2. The zero-order valence-corrected chi connectivity index (χ0v) is 9.64. The highest BCUT2D eigenvalue weighted by molar-refractivity contribution is 5.27. The molecule has 2 N–H and O–H groups in total. The van der Waals surface area contributed by atoms with E-state index in [1.807, 2.05) is 30.3 Å². The van der Waals surface area contributed by atoms with E-state index in [0.29, 0.717) is 0 Å². The molecule has 18 heavy (non-hydrogen) atoms. The van der Waals surface area contributed by atoms with Crippen molar-refractivity contribution in [1.82, 2.24) is 0 Å². The molecule has 0 heterocycles. The molecular formula is C14H13F2NO. The third kappa shape index (κ3) is 2.84. The maximum atomic E-state index is 13.4. The van der Waals surface area contributed by atoms with Crippen molar-refractivity contribution in [3.8, 4) is 5.75 Å². The van der Waals surface area contributed by atoms with Gasteiger partial charge in [0.15, 0.2) is 11.6 Å². The average molecular weight is 249 g/mol. The van der Waals surface area contributed by atoms with Gasteiger partial charge in [0.25, 0.3) is 0 Å². The molecule has 0 saturated carbocycles. The van der Waals surface area contributed by atoms with Gasteiger partial charge in [-0.3, -0.25) is 0 Å². The van der Waals surface area contributed by atoms with E-state index in [4.69, 9.17) is 10.5 Å². The monoisotopic (exact) mass is 249 g/mol. The van der Waals surface area contributed by atoms with E-state index < -0.39 is 17.7 Å². The van der Waals surface area contributed by atoms with Crippen LogP contribution in [0.1, 0.15) is 11.7 Å². The lowest BCUT2D eigenvalue weighted by Gasteiger charge is -2.18. The Kier molecular flexibility index (Phi) is 3.89. The fourth-order valence-electron chi connectivity index (χ4n) is 1.64. The highest BCUT2D eigenvalue weighted by Crippen LogP contribution is 2.24. The second-order valence-corrected chi connectivity index (χ2v) is 3.83. The van der Waals surface area contributed by atoms with Crippen LogP contribution in [0.25, 0.3) is 0 Å². The number of benzene rings is 2. The van der Waals surface area contributed by atoms with Crippen LogP contribution in [-0.4, -0.2) is 6.54 Å². The predicted molar refractivity (Wildman–Crippen MR) is 65.2 cm³/mol. The normalized spacial score (nSPS) is 12.2. The van der Waals surface area contributed by atoms with Crippen molar-refractivity contribution < 1.29 is 13.5 Å². The van der Waals surface area contributed by atoms with Gasteiger partial charge in [0.1, 0.15) is 11.9 Å². The molecule has 2 rings (SSSR count). The number of rotatable bonds is 4. The van der Waals surface area contributed by atoms with Crippen LogP contribution < -0.4 is 10.5 Å². The molecule has 0 saturated heterocycles. The van der Waals surface area contributed by atoms with Crippen molar-refractivity contribution in [2.75, 3.05) is 6.54 Å². The summed E-state index contributed by atoms with van der Waals surface area (Å²) >= 11 is 0. The predicted octanol–water partition coefficient (Wildman–Crippen LogP) is 3.04. The Balaban J connectivity index is 2.23. The fourth-order valence-corrected chi connectivity index (χ4v) is 1.64. The molecule has 2 aromatic carbocycles. The number of halogens is 2. The van der Waals surface area contributed by atoms with Gasteiger partial charge in [-0.05, 0) is 17.7 Å². The van der Waals surface area contributed by atoms with Crippen LogP contribution in [0, 0.1) is 11.6 Å². The van der Waals surface area contributed by atoms with Crippen LogP contribution in [-0.2, 0) is 0 Å². The largest absolute Gasteiger partial charge is 0.481 e. The van der Waals surface area contributed by atoms with Crippen LogP contribution in [0.4, 0.5) is 8.78 Å². The fraction of sp³-hybridized carbons (Fsp3) is 0.143. The summed E-state index contributed by atoms with van der Waals surface area (Å²) < 4.78 is 31.9. The molecule has 0 bridgehead atoms. The van der Waals surface area contributed by atoms with Gasteiger partial charge in [-0.15, -0.1) is 0 Å². The zero-order valence-electron chi connectivity index (χ0n) is 9.64. The Bertz CT molecular complexity index is 516. The molecule has 94 valence electrons. The van der Waals surface area contributed by atoms with Crippen LogP contribution >= 0.6 is 0 Å². The summed E-state index contributed by atoms with van der Waals surface area (Å²) in [7, 11) is 0. The lowest BCUT2D eigenvalue weighted by Crippen LogP contribution is -2.18.